The van der Waals surface area contributed by atoms with Crippen LogP contribution in [0, 0.1) is 17.2 Å². The molecule has 0 radical (unpaired) electrons. The zero-order valence-corrected chi connectivity index (χ0v) is 22.8. The van der Waals surface area contributed by atoms with Crippen LogP contribution in [0.5, 0.6) is 0 Å². The van der Waals surface area contributed by atoms with E-state index in [0.717, 1.165) is 25.7 Å². The molecule has 2 saturated heterocycles. The van der Waals surface area contributed by atoms with E-state index in [2.05, 4.69) is 6.07 Å². The van der Waals surface area contributed by atoms with Crippen molar-refractivity contribution in [2.75, 3.05) is 0 Å². The van der Waals surface area contributed by atoms with Gasteiger partial charge in [0.15, 0.2) is 0 Å². The summed E-state index contributed by atoms with van der Waals surface area (Å²) in [5.41, 5.74) is -1.81. The number of unbranched alkanes of at least 4 members (excludes halogenated alkanes) is 2. The van der Waals surface area contributed by atoms with Gasteiger partial charge in [0.2, 0.25) is 5.56 Å². The van der Waals surface area contributed by atoms with E-state index in [0.29, 0.717) is 12.9 Å². The summed E-state index contributed by atoms with van der Waals surface area (Å²) in [6.45, 7) is 17.0. The van der Waals surface area contributed by atoms with E-state index in [1.54, 1.807) is 16.7 Å². The summed E-state index contributed by atoms with van der Waals surface area (Å²) in [6.07, 6.45) is 5.79. The molecule has 2 aliphatic rings. The van der Waals surface area contributed by atoms with Crippen LogP contribution in [0.4, 0.5) is 0 Å². The molecular formula is C26H42B2N2O5. The Morgan fingerprint density at radius 1 is 0.886 bits per heavy atom. The molecule has 3 heterocycles. The predicted molar refractivity (Wildman–Crippen MR) is 139 cm³/mol. The molecule has 0 aliphatic carbocycles. The molecule has 0 spiro atoms. The molecule has 2 atom stereocenters. The van der Waals surface area contributed by atoms with Gasteiger partial charge >= 0.3 is 14.2 Å². The van der Waals surface area contributed by atoms with Crippen LogP contribution < -0.4 is 5.56 Å². The SMILES string of the molecule is CC1(C)OB(CC(B2OC(C)(C)C(C)(C)O2)C(C#N)CCCCCn2ccccc2=O)OC1(C)C. The smallest absolute Gasteiger partial charge is 0.403 e. The fourth-order valence-electron chi connectivity index (χ4n) is 4.65. The van der Waals surface area contributed by atoms with Crippen LogP contribution in [0.3, 0.4) is 0 Å². The lowest BCUT2D eigenvalue weighted by Crippen LogP contribution is -2.41. The number of hydrogen-bond acceptors (Lipinski definition) is 6. The minimum Gasteiger partial charge on any atom is -0.403 e. The number of nitriles is 1. The molecular weight excluding hydrogens is 442 g/mol. The number of hydrogen-bond donors (Lipinski definition) is 0. The maximum atomic E-state index is 11.9. The van der Waals surface area contributed by atoms with E-state index in [4.69, 9.17) is 18.6 Å². The van der Waals surface area contributed by atoms with E-state index in [-0.39, 0.29) is 17.3 Å². The highest BCUT2D eigenvalue weighted by atomic mass is 16.7. The summed E-state index contributed by atoms with van der Waals surface area (Å²) < 4.78 is 27.1. The normalized spacial score (nSPS) is 23.7. The Bertz CT molecular complexity index is 937. The maximum absolute atomic E-state index is 11.9. The van der Waals surface area contributed by atoms with Crippen LogP contribution in [0.15, 0.2) is 29.2 Å². The van der Waals surface area contributed by atoms with Crippen LogP contribution in [0.25, 0.3) is 0 Å². The highest BCUT2D eigenvalue weighted by Gasteiger charge is 2.58. The van der Waals surface area contributed by atoms with Crippen molar-refractivity contribution in [2.45, 2.75) is 122 Å². The average molecular weight is 484 g/mol. The van der Waals surface area contributed by atoms with E-state index in [1.807, 2.05) is 67.7 Å². The lowest BCUT2D eigenvalue weighted by atomic mass is 9.55. The quantitative estimate of drug-likeness (QED) is 0.340. The van der Waals surface area contributed by atoms with Gasteiger partial charge in [-0.05, 0) is 80.6 Å². The van der Waals surface area contributed by atoms with E-state index >= 15 is 0 Å². The number of aromatic nitrogens is 1. The van der Waals surface area contributed by atoms with Gasteiger partial charge in [0.1, 0.15) is 0 Å². The molecule has 2 fully saturated rings. The van der Waals surface area contributed by atoms with Gasteiger partial charge in [0.25, 0.3) is 0 Å². The number of rotatable bonds is 10. The fraction of sp³-hybridized carbons (Fsp3) is 0.769. The van der Waals surface area contributed by atoms with Crippen molar-refractivity contribution in [1.82, 2.24) is 4.57 Å². The largest absolute Gasteiger partial charge is 0.461 e. The summed E-state index contributed by atoms with van der Waals surface area (Å²) in [5, 5.41) is 10.2. The van der Waals surface area contributed by atoms with Crippen LogP contribution in [-0.2, 0) is 25.2 Å². The molecule has 0 aromatic carbocycles. The third kappa shape index (κ3) is 6.22. The molecule has 0 N–H and O–H groups in total. The molecule has 0 bridgehead atoms. The lowest BCUT2D eigenvalue weighted by molar-refractivity contribution is 0.00578. The van der Waals surface area contributed by atoms with Gasteiger partial charge in [0.05, 0.1) is 28.5 Å². The van der Waals surface area contributed by atoms with E-state index in [9.17, 15) is 10.1 Å². The summed E-state index contributed by atoms with van der Waals surface area (Å²) in [6, 6.07) is 7.75. The Morgan fingerprint density at radius 3 is 2.00 bits per heavy atom. The summed E-state index contributed by atoms with van der Waals surface area (Å²) in [5.74, 6) is -0.448. The molecule has 3 rings (SSSR count). The third-order valence-corrected chi connectivity index (χ3v) is 8.38. The molecule has 9 heteroatoms. The first-order chi connectivity index (χ1) is 16.2. The van der Waals surface area contributed by atoms with Gasteiger partial charge in [-0.3, -0.25) is 4.79 Å². The zero-order valence-electron chi connectivity index (χ0n) is 22.8. The molecule has 0 amide bonds. The van der Waals surface area contributed by atoms with E-state index in [1.165, 1.54) is 0 Å². The Hall–Kier alpha value is -1.59. The van der Waals surface area contributed by atoms with Crippen molar-refractivity contribution in [3.63, 3.8) is 0 Å². The maximum Gasteiger partial charge on any atom is 0.461 e. The number of nitrogens with zero attached hydrogens (tertiary/aromatic N) is 2. The average Bonchev–Trinajstić information content (AvgIpc) is 3.09. The second-order valence-corrected chi connectivity index (χ2v) is 12.0. The Kier molecular flexibility index (Phi) is 8.33. The summed E-state index contributed by atoms with van der Waals surface area (Å²) in [4.78, 5) is 11.9. The zero-order chi connectivity index (χ0) is 26.1. The van der Waals surface area contributed by atoms with Crippen molar-refractivity contribution < 1.29 is 18.6 Å². The van der Waals surface area contributed by atoms with Gasteiger partial charge in [-0.2, -0.15) is 5.26 Å². The first-order valence-electron chi connectivity index (χ1n) is 13.0. The standard InChI is InChI=1S/C26H42B2N2O5/c1-23(2)24(3,4)33-27(32-23)18-21(28-34-25(5,6)26(7,8)35-28)20(19-29)14-10-9-12-16-30-17-13-11-15-22(30)31/h11,13,15,17,20-21H,9-10,12,14,16,18H2,1-8H3. The molecule has 192 valence electrons. The molecule has 2 unspecified atom stereocenters. The third-order valence-electron chi connectivity index (χ3n) is 8.38. The second-order valence-electron chi connectivity index (χ2n) is 12.0. The summed E-state index contributed by atoms with van der Waals surface area (Å²) >= 11 is 0. The monoisotopic (exact) mass is 484 g/mol. The Morgan fingerprint density at radius 2 is 1.46 bits per heavy atom. The second kappa shape index (κ2) is 10.4. The Labute approximate surface area is 211 Å². The fourth-order valence-corrected chi connectivity index (χ4v) is 4.65. The molecule has 1 aromatic heterocycles. The highest BCUT2D eigenvalue weighted by molar-refractivity contribution is 6.53. The number of aryl methyl sites for hydroxylation is 1. The van der Waals surface area contributed by atoms with Crippen molar-refractivity contribution in [3.8, 4) is 6.07 Å². The number of pyridine rings is 1. The molecule has 7 nitrogen and oxygen atoms in total. The minimum absolute atomic E-state index is 0.0191. The minimum atomic E-state index is -0.508. The van der Waals surface area contributed by atoms with Crippen molar-refractivity contribution >= 4 is 14.2 Å². The first kappa shape index (κ1) is 28.0. The van der Waals surface area contributed by atoms with Crippen molar-refractivity contribution in [2.24, 2.45) is 5.92 Å². The lowest BCUT2D eigenvalue weighted by Gasteiger charge is -2.32. The van der Waals surface area contributed by atoms with Crippen molar-refractivity contribution in [3.05, 3.63) is 34.7 Å². The van der Waals surface area contributed by atoms with Crippen LogP contribution in [0.1, 0.15) is 81.1 Å². The first-order valence-corrected chi connectivity index (χ1v) is 13.0. The van der Waals surface area contributed by atoms with Gasteiger partial charge in [-0.1, -0.05) is 18.9 Å². The van der Waals surface area contributed by atoms with Gasteiger partial charge in [-0.15, -0.1) is 0 Å². The summed E-state index contributed by atoms with van der Waals surface area (Å²) in [7, 11) is -0.934. The predicted octanol–water partition coefficient (Wildman–Crippen LogP) is 5.10. The molecule has 1 aromatic rings. The van der Waals surface area contributed by atoms with Crippen LogP contribution in [-0.4, -0.2) is 41.2 Å². The molecule has 35 heavy (non-hydrogen) atoms. The van der Waals surface area contributed by atoms with E-state index < -0.39 is 36.6 Å². The van der Waals surface area contributed by atoms with Gasteiger partial charge in [0, 0.05) is 30.5 Å². The highest BCUT2D eigenvalue weighted by Crippen LogP contribution is 2.47. The van der Waals surface area contributed by atoms with Gasteiger partial charge in [-0.25, -0.2) is 0 Å². The Balaban J connectivity index is 1.66. The van der Waals surface area contributed by atoms with Crippen LogP contribution >= 0.6 is 0 Å². The topological polar surface area (TPSA) is 82.7 Å². The van der Waals surface area contributed by atoms with Gasteiger partial charge < -0.3 is 23.2 Å². The molecule has 0 saturated carbocycles. The van der Waals surface area contributed by atoms with Crippen molar-refractivity contribution in [1.29, 1.82) is 5.26 Å². The van der Waals surface area contributed by atoms with Crippen LogP contribution in [0.2, 0.25) is 12.1 Å². The molecule has 2 aliphatic heterocycles.